The number of oxime groups is 1. The molecule has 36 heavy (non-hydrogen) atoms. The van der Waals surface area contributed by atoms with Crippen LogP contribution in [0.2, 0.25) is 0 Å². The molecule has 3 heterocycles. The molecule has 1 unspecified atom stereocenters. The molecule has 2 fully saturated rings. The molecule has 0 bridgehead atoms. The third-order valence-electron chi connectivity index (χ3n) is 7.98. The van der Waals surface area contributed by atoms with Crippen molar-refractivity contribution in [2.45, 2.75) is 84.3 Å². The van der Waals surface area contributed by atoms with Crippen molar-refractivity contribution in [3.8, 4) is 0 Å². The molecule has 5 N–H and O–H groups in total. The summed E-state index contributed by atoms with van der Waals surface area (Å²) in [6.07, 6.45) is 8.61. The van der Waals surface area contributed by atoms with Gasteiger partial charge in [0.1, 0.15) is 5.52 Å². The van der Waals surface area contributed by atoms with Gasteiger partial charge in [-0.15, -0.1) is 11.3 Å². The molecule has 3 aromatic rings. The van der Waals surface area contributed by atoms with Crippen molar-refractivity contribution in [3.05, 3.63) is 22.4 Å². The van der Waals surface area contributed by atoms with Gasteiger partial charge in [-0.2, -0.15) is 4.98 Å². The molecule has 3 aromatic heterocycles. The molecule has 0 aliphatic heterocycles. The van der Waals surface area contributed by atoms with E-state index in [0.717, 1.165) is 29.6 Å². The number of nitrogens with one attached hydrogen (secondary N) is 2. The predicted molar refractivity (Wildman–Crippen MR) is 144 cm³/mol. The minimum absolute atomic E-state index is 0.0139. The Bertz CT molecular complexity index is 1200. The minimum Gasteiger partial charge on any atom is -0.409 e. The summed E-state index contributed by atoms with van der Waals surface area (Å²) in [7, 11) is 0. The molecule has 0 saturated heterocycles. The van der Waals surface area contributed by atoms with E-state index in [2.05, 4.69) is 56.5 Å². The Kier molecular flexibility index (Phi) is 7.27. The molecule has 0 radical (unpaired) electrons. The highest BCUT2D eigenvalue weighted by molar-refractivity contribution is 7.07. The molecule has 0 spiro atoms. The van der Waals surface area contributed by atoms with Gasteiger partial charge in [-0.3, -0.25) is 0 Å². The average Bonchev–Trinajstić information content (AvgIpc) is 3.47. The number of nitrogens with two attached hydrogens (primary N) is 1. The lowest BCUT2D eigenvalue weighted by atomic mass is 9.80. The molecule has 0 aromatic carbocycles. The molecule has 194 valence electrons. The smallest absolute Gasteiger partial charge is 0.208 e. The first-order valence-electron chi connectivity index (χ1n) is 13.1. The van der Waals surface area contributed by atoms with Crippen molar-refractivity contribution in [3.63, 3.8) is 0 Å². The van der Waals surface area contributed by atoms with Crippen LogP contribution in [0.3, 0.4) is 0 Å². The van der Waals surface area contributed by atoms with Crippen molar-refractivity contribution >= 4 is 40.1 Å². The maximum absolute atomic E-state index is 9.31. The zero-order valence-corrected chi connectivity index (χ0v) is 22.1. The van der Waals surface area contributed by atoms with Crippen LogP contribution in [0, 0.1) is 17.8 Å². The highest BCUT2D eigenvalue weighted by Gasteiger charge is 2.28. The van der Waals surface area contributed by atoms with Gasteiger partial charge in [0.2, 0.25) is 17.6 Å². The second-order valence-electron chi connectivity index (χ2n) is 10.6. The van der Waals surface area contributed by atoms with Gasteiger partial charge in [0.15, 0.2) is 11.5 Å². The van der Waals surface area contributed by atoms with Crippen LogP contribution < -0.4 is 16.4 Å². The molecule has 0 amide bonds. The quantitative estimate of drug-likeness (QED) is 0.137. The minimum atomic E-state index is -0.127. The fraction of sp³-hybridized carbons (Fsp3) is 0.640. The van der Waals surface area contributed by atoms with Crippen molar-refractivity contribution in [1.82, 2.24) is 24.5 Å². The lowest BCUT2D eigenvalue weighted by Gasteiger charge is -2.32. The van der Waals surface area contributed by atoms with Crippen LogP contribution in [-0.2, 0) is 6.54 Å². The fourth-order valence-corrected chi connectivity index (χ4v) is 5.98. The summed E-state index contributed by atoms with van der Waals surface area (Å²) in [5.41, 5.74) is 10.1. The summed E-state index contributed by atoms with van der Waals surface area (Å²) in [5, 5.41) is 21.7. The van der Waals surface area contributed by atoms with Crippen LogP contribution in [0.4, 0.5) is 11.8 Å². The van der Waals surface area contributed by atoms with Crippen LogP contribution >= 0.6 is 11.3 Å². The molecule has 10 nitrogen and oxygen atoms in total. The summed E-state index contributed by atoms with van der Waals surface area (Å²) in [6.45, 7) is 7.48. The summed E-state index contributed by atoms with van der Waals surface area (Å²) < 4.78 is 2.24. The van der Waals surface area contributed by atoms with Gasteiger partial charge in [0, 0.05) is 18.0 Å². The van der Waals surface area contributed by atoms with Gasteiger partial charge < -0.3 is 26.1 Å². The first-order valence-corrected chi connectivity index (χ1v) is 14.0. The second kappa shape index (κ2) is 10.6. The molecule has 5 rings (SSSR count). The Hall–Kier alpha value is -2.95. The number of imidazole rings is 1. The lowest BCUT2D eigenvalue weighted by Crippen LogP contribution is -2.32. The van der Waals surface area contributed by atoms with Gasteiger partial charge in [0.05, 0.1) is 17.2 Å². The Morgan fingerprint density at radius 3 is 2.58 bits per heavy atom. The van der Waals surface area contributed by atoms with Crippen molar-refractivity contribution < 1.29 is 5.21 Å². The monoisotopic (exact) mass is 511 g/mol. The first-order chi connectivity index (χ1) is 17.4. The Balaban J connectivity index is 1.58. The zero-order chi connectivity index (χ0) is 25.2. The molecular weight excluding hydrogens is 474 g/mol. The van der Waals surface area contributed by atoms with Crippen LogP contribution in [0.5, 0.6) is 0 Å². The van der Waals surface area contributed by atoms with Gasteiger partial charge in [-0.05, 0) is 57.3 Å². The largest absolute Gasteiger partial charge is 0.409 e. The Morgan fingerprint density at radius 1 is 1.17 bits per heavy atom. The summed E-state index contributed by atoms with van der Waals surface area (Å²) >= 11 is 1.58. The average molecular weight is 512 g/mol. The number of nitrogens with zero attached hydrogens (tertiary/aromatic N) is 6. The van der Waals surface area contributed by atoms with Crippen LogP contribution in [-0.4, -0.2) is 41.6 Å². The maximum atomic E-state index is 9.31. The number of rotatable bonds is 9. The van der Waals surface area contributed by atoms with E-state index in [-0.39, 0.29) is 23.7 Å². The maximum Gasteiger partial charge on any atom is 0.208 e. The number of anilines is 2. The molecule has 2 aliphatic carbocycles. The van der Waals surface area contributed by atoms with Crippen LogP contribution in [0.1, 0.15) is 83.3 Å². The third kappa shape index (κ3) is 5.11. The molecule has 11 heteroatoms. The number of hydrogen-bond donors (Lipinski definition) is 4. The summed E-state index contributed by atoms with van der Waals surface area (Å²) in [6, 6.07) is 0.237. The number of hydrogen-bond acceptors (Lipinski definition) is 9. The van der Waals surface area contributed by atoms with E-state index in [1.807, 2.05) is 5.51 Å². The SMILES string of the molecule is CC1CCC(Cn2c(NC(C)c3cscn3)nc3nc(/C(N)=N/O)nc(N[C@H](C)C4CCC4)c32)CC1. The normalized spacial score (nSPS) is 22.8. The van der Waals surface area contributed by atoms with Crippen molar-refractivity contribution in [2.75, 3.05) is 10.6 Å². The predicted octanol–water partition coefficient (Wildman–Crippen LogP) is 4.98. The van der Waals surface area contributed by atoms with E-state index < -0.39 is 0 Å². The Labute approximate surface area is 215 Å². The van der Waals surface area contributed by atoms with Crippen molar-refractivity contribution in [1.29, 1.82) is 0 Å². The van der Waals surface area contributed by atoms with Gasteiger partial charge >= 0.3 is 0 Å². The van der Waals surface area contributed by atoms with E-state index in [1.54, 1.807) is 11.3 Å². The fourth-order valence-electron chi connectivity index (χ4n) is 5.33. The van der Waals surface area contributed by atoms with Crippen LogP contribution in [0.15, 0.2) is 16.0 Å². The standard InChI is InChI=1S/C25H37N9OS/c1-14-7-9-17(10-8-14)11-34-20-22(28-15(2)18-5-4-6-18)30-24(21(26)33-35)31-23(20)32-25(34)29-16(3)19-12-36-13-27-19/h12-18,35H,4-11H2,1-3H3,(H2,26,33)(H2,28,29,30,31,32)/t14?,15-,16?,17?/m1/s1. The second-order valence-corrected chi connectivity index (χ2v) is 11.3. The van der Waals surface area contributed by atoms with E-state index >= 15 is 0 Å². The molecule has 2 saturated carbocycles. The van der Waals surface area contributed by atoms with E-state index in [9.17, 15) is 5.21 Å². The van der Waals surface area contributed by atoms with E-state index in [0.29, 0.717) is 23.3 Å². The van der Waals surface area contributed by atoms with Gasteiger partial charge in [-0.1, -0.05) is 31.3 Å². The Morgan fingerprint density at radius 2 is 1.94 bits per heavy atom. The van der Waals surface area contributed by atoms with Crippen LogP contribution in [0.25, 0.3) is 11.2 Å². The molecule has 2 aliphatic rings. The first kappa shape index (κ1) is 24.7. The molecule has 2 atom stereocenters. The number of thiazole rings is 1. The number of aromatic nitrogens is 5. The topological polar surface area (TPSA) is 139 Å². The van der Waals surface area contributed by atoms with Gasteiger partial charge in [0.25, 0.3) is 0 Å². The molecular formula is C25H37N9OS. The van der Waals surface area contributed by atoms with Crippen molar-refractivity contribution in [2.24, 2.45) is 28.6 Å². The van der Waals surface area contributed by atoms with Gasteiger partial charge in [-0.25, -0.2) is 15.0 Å². The van der Waals surface area contributed by atoms with E-state index in [4.69, 9.17) is 15.7 Å². The van der Waals surface area contributed by atoms with E-state index in [1.165, 1.54) is 44.9 Å². The summed E-state index contributed by atoms with van der Waals surface area (Å²) in [5.74, 6) is 3.44. The highest BCUT2D eigenvalue weighted by Crippen LogP contribution is 2.35. The summed E-state index contributed by atoms with van der Waals surface area (Å²) in [4.78, 5) is 18.7. The highest BCUT2D eigenvalue weighted by atomic mass is 32.1. The lowest BCUT2D eigenvalue weighted by molar-refractivity contribution is 0.267. The number of fused-ring (bicyclic) bond motifs is 1. The third-order valence-corrected chi connectivity index (χ3v) is 8.58. The number of amidine groups is 1. The zero-order valence-electron chi connectivity index (χ0n) is 21.3.